The Morgan fingerprint density at radius 2 is 1.64 bits per heavy atom. The van der Waals surface area contributed by atoms with Gasteiger partial charge in [-0.1, -0.05) is 36.4 Å². The first-order valence-electron chi connectivity index (χ1n) is 6.68. The smallest absolute Gasteiger partial charge is 0.328 e. The van der Waals surface area contributed by atoms with Crippen LogP contribution < -0.4 is 4.74 Å². The van der Waals surface area contributed by atoms with Gasteiger partial charge >= 0.3 is 5.97 Å². The number of allylic oxidation sites excluding steroid dienone is 1. The molecule has 1 aliphatic heterocycles. The van der Waals surface area contributed by atoms with Gasteiger partial charge < -0.3 is 9.84 Å². The molecule has 2 aromatic carbocycles. The van der Waals surface area contributed by atoms with Gasteiger partial charge in [-0.2, -0.15) is 0 Å². The monoisotopic (exact) mass is 292 g/mol. The largest absolute Gasteiger partial charge is 0.478 e. The van der Waals surface area contributed by atoms with Gasteiger partial charge in [-0.15, -0.1) is 0 Å². The molecule has 0 aromatic heterocycles. The maximum Gasteiger partial charge on any atom is 0.328 e. The summed E-state index contributed by atoms with van der Waals surface area (Å²) < 4.78 is 5.26. The molecule has 0 bridgehead atoms. The highest BCUT2D eigenvalue weighted by Gasteiger charge is 2.22. The van der Waals surface area contributed by atoms with E-state index in [4.69, 9.17) is 9.84 Å². The molecule has 1 aliphatic rings. The number of fused-ring (bicyclic) bond motifs is 1. The second-order valence-electron chi connectivity index (χ2n) is 4.73. The molecule has 4 nitrogen and oxygen atoms in total. The van der Waals surface area contributed by atoms with Gasteiger partial charge in [0.1, 0.15) is 0 Å². The molecule has 22 heavy (non-hydrogen) atoms. The number of rotatable bonds is 5. The zero-order valence-electron chi connectivity index (χ0n) is 11.5. The Labute approximate surface area is 127 Å². The molecular weight excluding hydrogens is 280 g/mol. The van der Waals surface area contributed by atoms with Gasteiger partial charge in [-0.25, -0.2) is 4.79 Å². The summed E-state index contributed by atoms with van der Waals surface area (Å²) in [7, 11) is 0. The van der Waals surface area contributed by atoms with E-state index in [1.807, 2.05) is 18.2 Å². The van der Waals surface area contributed by atoms with Crippen molar-refractivity contribution in [3.8, 4) is 11.5 Å². The third-order valence-corrected chi connectivity index (χ3v) is 3.23. The van der Waals surface area contributed by atoms with E-state index in [1.165, 1.54) is 12.2 Å². The van der Waals surface area contributed by atoms with E-state index in [9.17, 15) is 9.59 Å². The quantitative estimate of drug-likeness (QED) is 0.441. The van der Waals surface area contributed by atoms with Crippen molar-refractivity contribution in [1.82, 2.24) is 0 Å². The van der Waals surface area contributed by atoms with Crippen molar-refractivity contribution in [2.45, 2.75) is 0 Å². The van der Waals surface area contributed by atoms with Crippen LogP contribution in [0.5, 0.6) is 11.5 Å². The van der Waals surface area contributed by atoms with Crippen LogP contribution in [0.15, 0.2) is 54.6 Å². The Morgan fingerprint density at radius 3 is 2.45 bits per heavy atom. The van der Waals surface area contributed by atoms with Crippen LogP contribution in [0.3, 0.4) is 0 Å². The lowest BCUT2D eigenvalue weighted by Crippen LogP contribution is -1.98. The van der Waals surface area contributed by atoms with Gasteiger partial charge in [0, 0.05) is 17.2 Å². The molecule has 0 saturated carbocycles. The molecule has 0 amide bonds. The highest BCUT2D eigenvalue weighted by atomic mass is 16.6. The third kappa shape index (κ3) is 2.96. The average molecular weight is 292 g/mol. The second-order valence-corrected chi connectivity index (χ2v) is 4.73. The summed E-state index contributed by atoms with van der Waals surface area (Å²) in [4.78, 5) is 22.9. The molecule has 4 heteroatoms. The van der Waals surface area contributed by atoms with Gasteiger partial charge in [0.2, 0.25) is 0 Å². The molecule has 1 N–H and O–H groups in total. The molecule has 0 fully saturated rings. The number of hydrogen-bond donors (Lipinski definition) is 1. The van der Waals surface area contributed by atoms with Gasteiger partial charge in [0.25, 0.3) is 0 Å². The fourth-order valence-electron chi connectivity index (χ4n) is 2.12. The molecule has 2 aromatic rings. The van der Waals surface area contributed by atoms with Crippen molar-refractivity contribution in [3.05, 3.63) is 71.3 Å². The van der Waals surface area contributed by atoms with Crippen LogP contribution in [0.4, 0.5) is 0 Å². The standard InChI is InChI=1S/C18H12O4/c19-15(10-8-13-5-3-7-16-18(13)22-16)14-6-2-1-4-12(14)9-11-17(20)21/h1-11H,(H,20,21)/b10-8+,11-9+. The molecule has 0 aliphatic carbocycles. The van der Waals surface area contributed by atoms with E-state index in [0.29, 0.717) is 11.1 Å². The zero-order valence-corrected chi connectivity index (χ0v) is 11.5. The van der Waals surface area contributed by atoms with Crippen molar-refractivity contribution < 1.29 is 19.4 Å². The number of hydrogen-bond acceptors (Lipinski definition) is 3. The van der Waals surface area contributed by atoms with Crippen molar-refractivity contribution in [3.63, 3.8) is 0 Å². The lowest BCUT2D eigenvalue weighted by atomic mass is 10.0. The number of carbonyl (C=O) groups excluding carboxylic acids is 1. The number of carbonyl (C=O) groups is 2. The Balaban J connectivity index is 1.84. The molecule has 108 valence electrons. The van der Waals surface area contributed by atoms with Crippen LogP contribution in [0.1, 0.15) is 21.5 Å². The molecule has 0 spiro atoms. The summed E-state index contributed by atoms with van der Waals surface area (Å²) in [5.41, 5.74) is 1.87. The minimum absolute atomic E-state index is 0.191. The number of para-hydroxylation sites is 1. The highest BCUT2D eigenvalue weighted by molar-refractivity contribution is 6.09. The van der Waals surface area contributed by atoms with E-state index in [0.717, 1.165) is 23.1 Å². The number of aliphatic carboxylic acids is 1. The fraction of sp³-hybridized carbons (Fsp3) is 0. The Bertz CT molecular complexity index is 816. The summed E-state index contributed by atoms with van der Waals surface area (Å²) >= 11 is 0. The van der Waals surface area contributed by atoms with E-state index in [2.05, 4.69) is 0 Å². The van der Waals surface area contributed by atoms with Crippen LogP contribution in [0, 0.1) is 0 Å². The summed E-state index contributed by atoms with van der Waals surface area (Å²) in [6, 6.07) is 12.5. The predicted octanol–water partition coefficient (Wildman–Crippen LogP) is 3.79. The summed E-state index contributed by atoms with van der Waals surface area (Å²) in [5.74, 6) is 0.385. The number of carboxylic acid groups (broad SMARTS) is 1. The van der Waals surface area contributed by atoms with Crippen molar-refractivity contribution >= 4 is 23.9 Å². The molecule has 0 unspecified atom stereocenters. The number of ether oxygens (including phenoxy) is 1. The molecule has 0 radical (unpaired) electrons. The Morgan fingerprint density at radius 1 is 0.909 bits per heavy atom. The predicted molar refractivity (Wildman–Crippen MR) is 83.0 cm³/mol. The zero-order chi connectivity index (χ0) is 15.5. The first-order valence-corrected chi connectivity index (χ1v) is 6.68. The van der Waals surface area contributed by atoms with E-state index in [-0.39, 0.29) is 5.78 Å². The van der Waals surface area contributed by atoms with Crippen molar-refractivity contribution in [1.29, 1.82) is 0 Å². The number of carboxylic acids is 1. The summed E-state index contributed by atoms with van der Waals surface area (Å²) in [6.07, 6.45) is 5.59. The second kappa shape index (κ2) is 5.69. The SMILES string of the molecule is O=C(O)/C=C/c1ccccc1C(=O)/C=C/c1cccc2c1O2. The Hall–Kier alpha value is -3.14. The lowest BCUT2D eigenvalue weighted by molar-refractivity contribution is -0.131. The van der Waals surface area contributed by atoms with E-state index >= 15 is 0 Å². The maximum atomic E-state index is 12.3. The third-order valence-electron chi connectivity index (χ3n) is 3.23. The fourth-order valence-corrected chi connectivity index (χ4v) is 2.12. The molecular formula is C18H12O4. The first kappa shape index (κ1) is 13.8. The lowest BCUT2D eigenvalue weighted by Gasteiger charge is -2.01. The van der Waals surface area contributed by atoms with Gasteiger partial charge in [0.15, 0.2) is 17.3 Å². The Kier molecular flexibility index (Phi) is 3.58. The summed E-state index contributed by atoms with van der Waals surface area (Å²) in [6.45, 7) is 0. The number of ketones is 1. The van der Waals surface area contributed by atoms with Crippen LogP contribution >= 0.6 is 0 Å². The van der Waals surface area contributed by atoms with Crippen LogP contribution in [0.25, 0.3) is 12.2 Å². The van der Waals surface area contributed by atoms with Crippen LogP contribution in [-0.4, -0.2) is 16.9 Å². The van der Waals surface area contributed by atoms with E-state index in [1.54, 1.807) is 30.3 Å². The maximum absolute atomic E-state index is 12.3. The minimum atomic E-state index is -1.05. The van der Waals surface area contributed by atoms with Crippen LogP contribution in [0.2, 0.25) is 0 Å². The summed E-state index contributed by atoms with van der Waals surface area (Å²) in [5, 5.41) is 8.69. The molecule has 0 atom stereocenters. The van der Waals surface area contributed by atoms with Gasteiger partial charge in [-0.05, 0) is 29.9 Å². The van der Waals surface area contributed by atoms with E-state index < -0.39 is 5.97 Å². The van der Waals surface area contributed by atoms with Gasteiger partial charge in [-0.3, -0.25) is 4.79 Å². The van der Waals surface area contributed by atoms with Crippen molar-refractivity contribution in [2.75, 3.05) is 0 Å². The minimum Gasteiger partial charge on any atom is -0.478 e. The van der Waals surface area contributed by atoms with Gasteiger partial charge in [0.05, 0.1) is 0 Å². The normalized spacial score (nSPS) is 12.2. The topological polar surface area (TPSA) is 66.9 Å². The number of benzene rings is 2. The average Bonchev–Trinajstić information content (AvgIpc) is 3.31. The van der Waals surface area contributed by atoms with Crippen molar-refractivity contribution in [2.24, 2.45) is 0 Å². The molecule has 3 rings (SSSR count). The highest BCUT2D eigenvalue weighted by Crippen LogP contribution is 2.48. The molecule has 1 heterocycles. The molecule has 0 saturated heterocycles. The van der Waals surface area contributed by atoms with Crippen LogP contribution in [-0.2, 0) is 4.79 Å². The first-order chi connectivity index (χ1) is 10.6.